The van der Waals surface area contributed by atoms with Crippen molar-refractivity contribution < 1.29 is 14.8 Å². The summed E-state index contributed by atoms with van der Waals surface area (Å²) in [6.45, 7) is 0.123. The lowest BCUT2D eigenvalue weighted by atomic mass is 10.1. The van der Waals surface area contributed by atoms with E-state index < -0.39 is 16.3 Å². The maximum atomic E-state index is 11.0. The van der Waals surface area contributed by atoms with E-state index in [4.69, 9.17) is 16.7 Å². The fourth-order valence-corrected chi connectivity index (χ4v) is 1.73. The largest absolute Gasteiger partial charge is 0.481 e. The zero-order chi connectivity index (χ0) is 13.3. The van der Waals surface area contributed by atoms with E-state index in [0.717, 1.165) is 0 Å². The van der Waals surface area contributed by atoms with Crippen molar-refractivity contribution in [2.75, 3.05) is 11.9 Å². The van der Waals surface area contributed by atoms with Gasteiger partial charge in [-0.05, 0) is 12.8 Å². The van der Waals surface area contributed by atoms with Crippen molar-refractivity contribution >= 4 is 29.1 Å². The molecule has 0 atom stereocenters. The Morgan fingerprint density at radius 2 is 2.33 bits per heavy atom. The van der Waals surface area contributed by atoms with Gasteiger partial charge in [0.2, 0.25) is 5.82 Å². The Hall–Kier alpha value is -1.89. The molecule has 8 heteroatoms. The molecule has 1 heterocycles. The van der Waals surface area contributed by atoms with Crippen molar-refractivity contribution in [3.05, 3.63) is 27.4 Å². The summed E-state index contributed by atoms with van der Waals surface area (Å²) in [5.74, 6) is -0.858. The van der Waals surface area contributed by atoms with Gasteiger partial charge in [0.1, 0.15) is 0 Å². The second kappa shape index (κ2) is 4.41. The maximum Gasteiger partial charge on any atom is 0.312 e. The highest BCUT2D eigenvalue weighted by Gasteiger charge is 2.50. The second-order valence-corrected chi connectivity index (χ2v) is 4.65. The van der Waals surface area contributed by atoms with E-state index in [1.165, 1.54) is 12.3 Å². The zero-order valence-corrected chi connectivity index (χ0v) is 9.98. The summed E-state index contributed by atoms with van der Waals surface area (Å²) < 4.78 is 0. The van der Waals surface area contributed by atoms with Gasteiger partial charge in [0.15, 0.2) is 0 Å². The molecule has 1 aromatic rings. The first-order valence-electron chi connectivity index (χ1n) is 5.22. The van der Waals surface area contributed by atoms with E-state index in [1.807, 2.05) is 0 Å². The summed E-state index contributed by atoms with van der Waals surface area (Å²) >= 11 is 5.62. The highest BCUT2D eigenvalue weighted by atomic mass is 35.5. The third kappa shape index (κ3) is 2.35. The number of nitro groups is 1. The number of carboxylic acid groups (broad SMARTS) is 1. The van der Waals surface area contributed by atoms with Gasteiger partial charge in [-0.15, -0.1) is 0 Å². The number of hydrogen-bond donors (Lipinski definition) is 2. The smallest absolute Gasteiger partial charge is 0.312 e. The Morgan fingerprint density at radius 3 is 2.83 bits per heavy atom. The van der Waals surface area contributed by atoms with Gasteiger partial charge in [-0.3, -0.25) is 14.9 Å². The van der Waals surface area contributed by atoms with Gasteiger partial charge in [-0.2, -0.15) is 0 Å². The van der Waals surface area contributed by atoms with Crippen LogP contribution < -0.4 is 5.32 Å². The summed E-state index contributed by atoms with van der Waals surface area (Å²) in [6, 6.07) is 1.18. The molecule has 0 spiro atoms. The average Bonchev–Trinajstić information content (AvgIpc) is 3.08. The maximum absolute atomic E-state index is 11.0. The first-order chi connectivity index (χ1) is 8.44. The molecule has 0 aromatic carbocycles. The molecule has 2 rings (SSSR count). The van der Waals surface area contributed by atoms with Crippen LogP contribution in [0.2, 0.25) is 5.02 Å². The van der Waals surface area contributed by atoms with Gasteiger partial charge in [-0.1, -0.05) is 11.6 Å². The normalized spacial score (nSPS) is 16.1. The van der Waals surface area contributed by atoms with Gasteiger partial charge in [0, 0.05) is 18.8 Å². The number of nitrogens with zero attached hydrogens (tertiary/aromatic N) is 2. The summed E-state index contributed by atoms with van der Waals surface area (Å²) in [5.41, 5.74) is -1.07. The van der Waals surface area contributed by atoms with Crippen molar-refractivity contribution in [3.8, 4) is 0 Å². The summed E-state index contributed by atoms with van der Waals surface area (Å²) in [7, 11) is 0. The highest BCUT2D eigenvalue weighted by molar-refractivity contribution is 6.30. The minimum absolute atomic E-state index is 0.0388. The minimum Gasteiger partial charge on any atom is -0.481 e. The number of hydrogen-bond acceptors (Lipinski definition) is 5. The fraction of sp³-hybridized carbons (Fsp3) is 0.400. The molecular weight excluding hydrogens is 262 g/mol. The lowest BCUT2D eigenvalue weighted by Crippen LogP contribution is -2.24. The Morgan fingerprint density at radius 1 is 1.67 bits per heavy atom. The summed E-state index contributed by atoms with van der Waals surface area (Å²) in [5, 5.41) is 22.7. The molecule has 0 amide bonds. The van der Waals surface area contributed by atoms with Crippen LogP contribution in [0.5, 0.6) is 0 Å². The average molecular weight is 272 g/mol. The molecule has 7 nitrogen and oxygen atoms in total. The van der Waals surface area contributed by atoms with E-state index >= 15 is 0 Å². The molecule has 1 fully saturated rings. The molecule has 0 bridgehead atoms. The standard InChI is InChI=1S/C10H10ClN3O4/c11-6-3-7(14(17)18)8(12-4-6)13-5-10(1-2-10)9(15)16/h3-4H,1-2,5H2,(H,12,13)(H,15,16). The number of rotatable bonds is 5. The summed E-state index contributed by atoms with van der Waals surface area (Å²) in [4.78, 5) is 25.0. The molecule has 0 aliphatic heterocycles. The van der Waals surface area contributed by atoms with E-state index in [-0.39, 0.29) is 23.1 Å². The van der Waals surface area contributed by atoms with E-state index in [1.54, 1.807) is 0 Å². The van der Waals surface area contributed by atoms with Crippen LogP contribution in [-0.2, 0) is 4.79 Å². The van der Waals surface area contributed by atoms with Gasteiger partial charge >= 0.3 is 11.7 Å². The molecule has 0 saturated heterocycles. The third-order valence-corrected chi connectivity index (χ3v) is 3.14. The predicted octanol–water partition coefficient (Wildman–Crippen LogP) is 1.92. The topological polar surface area (TPSA) is 105 Å². The SMILES string of the molecule is O=C(O)C1(CNc2ncc(Cl)cc2[N+](=O)[O-])CC1. The number of aliphatic carboxylic acids is 1. The molecule has 1 aromatic heterocycles. The monoisotopic (exact) mass is 271 g/mol. The molecule has 0 radical (unpaired) electrons. The van der Waals surface area contributed by atoms with Gasteiger partial charge < -0.3 is 10.4 Å². The van der Waals surface area contributed by atoms with Crippen LogP contribution in [-0.4, -0.2) is 27.5 Å². The van der Waals surface area contributed by atoms with Crippen LogP contribution in [0.4, 0.5) is 11.5 Å². The Bertz CT molecular complexity index is 516. The van der Waals surface area contributed by atoms with E-state index in [9.17, 15) is 14.9 Å². The second-order valence-electron chi connectivity index (χ2n) is 4.22. The molecule has 1 saturated carbocycles. The Balaban J connectivity index is 2.15. The van der Waals surface area contributed by atoms with Crippen LogP contribution in [0, 0.1) is 15.5 Å². The summed E-state index contributed by atoms with van der Waals surface area (Å²) in [6.07, 6.45) is 2.41. The first-order valence-corrected chi connectivity index (χ1v) is 5.60. The molecular formula is C10H10ClN3O4. The molecule has 96 valence electrons. The Kier molecular flexibility index (Phi) is 3.08. The lowest BCUT2D eigenvalue weighted by molar-refractivity contribution is -0.384. The number of carboxylic acids is 1. The van der Waals surface area contributed by atoms with Crippen LogP contribution in [0.15, 0.2) is 12.3 Å². The molecule has 2 N–H and O–H groups in total. The Labute approximate surface area is 107 Å². The van der Waals surface area contributed by atoms with Crippen molar-refractivity contribution in [1.29, 1.82) is 0 Å². The molecule has 0 unspecified atom stereocenters. The highest BCUT2D eigenvalue weighted by Crippen LogP contribution is 2.46. The van der Waals surface area contributed by atoms with Gasteiger partial charge in [0.05, 0.1) is 15.4 Å². The van der Waals surface area contributed by atoms with E-state index in [0.29, 0.717) is 12.8 Å². The van der Waals surface area contributed by atoms with Crippen LogP contribution in [0.25, 0.3) is 0 Å². The number of carbonyl (C=O) groups is 1. The van der Waals surface area contributed by atoms with Gasteiger partial charge in [0.25, 0.3) is 0 Å². The number of anilines is 1. The van der Waals surface area contributed by atoms with Crippen LogP contribution >= 0.6 is 11.6 Å². The van der Waals surface area contributed by atoms with Crippen molar-refractivity contribution in [1.82, 2.24) is 4.98 Å². The third-order valence-electron chi connectivity index (χ3n) is 2.93. The van der Waals surface area contributed by atoms with E-state index in [2.05, 4.69) is 10.3 Å². The van der Waals surface area contributed by atoms with Gasteiger partial charge in [-0.25, -0.2) is 4.98 Å². The number of aromatic nitrogens is 1. The van der Waals surface area contributed by atoms with Crippen LogP contribution in [0.1, 0.15) is 12.8 Å². The van der Waals surface area contributed by atoms with Crippen LogP contribution in [0.3, 0.4) is 0 Å². The zero-order valence-electron chi connectivity index (χ0n) is 9.22. The number of halogens is 1. The minimum atomic E-state index is -0.897. The number of nitrogens with one attached hydrogen (secondary N) is 1. The fourth-order valence-electron chi connectivity index (χ4n) is 1.57. The molecule has 1 aliphatic carbocycles. The number of pyridine rings is 1. The predicted molar refractivity (Wildman–Crippen MR) is 63.7 cm³/mol. The quantitative estimate of drug-likeness (QED) is 0.626. The van der Waals surface area contributed by atoms with Crippen molar-refractivity contribution in [3.63, 3.8) is 0 Å². The van der Waals surface area contributed by atoms with Crippen molar-refractivity contribution in [2.24, 2.45) is 5.41 Å². The lowest BCUT2D eigenvalue weighted by Gasteiger charge is -2.11. The molecule has 1 aliphatic rings. The first kappa shape index (κ1) is 12.6. The molecule has 18 heavy (non-hydrogen) atoms. The van der Waals surface area contributed by atoms with Crippen molar-refractivity contribution in [2.45, 2.75) is 12.8 Å².